The summed E-state index contributed by atoms with van der Waals surface area (Å²) in [6.45, 7) is 2.00. The molecular weight excluding hydrogens is 218 g/mol. The van der Waals surface area contributed by atoms with E-state index in [0.717, 1.165) is 16.6 Å². The van der Waals surface area contributed by atoms with Crippen LogP contribution in [-0.2, 0) is 16.0 Å². The van der Waals surface area contributed by atoms with E-state index in [1.807, 2.05) is 30.3 Å². The Kier molecular flexibility index (Phi) is 3.44. The highest BCUT2D eigenvalue weighted by atomic mass is 16.5. The van der Waals surface area contributed by atoms with E-state index < -0.39 is 12.1 Å². The van der Waals surface area contributed by atoms with E-state index in [4.69, 9.17) is 4.74 Å². The van der Waals surface area contributed by atoms with Crippen LogP contribution >= 0.6 is 0 Å². The molecule has 0 spiro atoms. The number of esters is 1. The number of aliphatic hydroxyl groups is 1. The van der Waals surface area contributed by atoms with Gasteiger partial charge in [-0.15, -0.1) is 0 Å². The zero-order chi connectivity index (χ0) is 12.3. The van der Waals surface area contributed by atoms with Gasteiger partial charge in [-0.2, -0.15) is 0 Å². The predicted molar refractivity (Wildman–Crippen MR) is 64.6 cm³/mol. The molecule has 2 N–H and O–H groups in total. The monoisotopic (exact) mass is 233 g/mol. The average Bonchev–Trinajstić information content (AvgIpc) is 2.71. The summed E-state index contributed by atoms with van der Waals surface area (Å²) in [7, 11) is 0. The minimum atomic E-state index is -1.11. The number of aliphatic hydroxyl groups excluding tert-OH is 1. The fourth-order valence-corrected chi connectivity index (χ4v) is 1.77. The van der Waals surface area contributed by atoms with Crippen molar-refractivity contribution >= 4 is 16.9 Å². The van der Waals surface area contributed by atoms with Crippen molar-refractivity contribution in [3.8, 4) is 0 Å². The van der Waals surface area contributed by atoms with Gasteiger partial charge in [0.1, 0.15) is 0 Å². The highest BCUT2D eigenvalue weighted by Gasteiger charge is 2.17. The number of ether oxygens (including phenoxy) is 1. The topological polar surface area (TPSA) is 62.3 Å². The van der Waals surface area contributed by atoms with Crippen LogP contribution in [0.2, 0.25) is 0 Å². The van der Waals surface area contributed by atoms with Crippen molar-refractivity contribution in [2.24, 2.45) is 0 Å². The maximum atomic E-state index is 11.3. The molecule has 0 amide bonds. The molecule has 1 atom stereocenters. The van der Waals surface area contributed by atoms with Crippen LogP contribution < -0.4 is 0 Å². The zero-order valence-electron chi connectivity index (χ0n) is 9.64. The minimum absolute atomic E-state index is 0.244. The molecule has 4 heteroatoms. The third-order valence-electron chi connectivity index (χ3n) is 2.56. The van der Waals surface area contributed by atoms with Gasteiger partial charge < -0.3 is 14.8 Å². The predicted octanol–water partition coefficient (Wildman–Crippen LogP) is 1.63. The lowest BCUT2D eigenvalue weighted by atomic mass is 10.2. The van der Waals surface area contributed by atoms with Crippen molar-refractivity contribution < 1.29 is 14.6 Å². The number of aromatic amines is 1. The molecule has 0 saturated heterocycles. The molecule has 0 fully saturated rings. The smallest absolute Gasteiger partial charge is 0.335 e. The molecule has 2 rings (SSSR count). The van der Waals surface area contributed by atoms with E-state index in [2.05, 4.69) is 4.98 Å². The Hall–Kier alpha value is -1.81. The summed E-state index contributed by atoms with van der Waals surface area (Å²) in [6.07, 6.45) is -0.865. The quantitative estimate of drug-likeness (QED) is 0.789. The molecule has 1 aromatic heterocycles. The number of benzene rings is 1. The number of carbonyl (C=O) groups is 1. The van der Waals surface area contributed by atoms with E-state index in [9.17, 15) is 9.90 Å². The van der Waals surface area contributed by atoms with Crippen molar-refractivity contribution in [3.63, 3.8) is 0 Å². The summed E-state index contributed by atoms with van der Waals surface area (Å²) in [4.78, 5) is 14.4. The molecule has 0 aliphatic rings. The van der Waals surface area contributed by atoms with E-state index >= 15 is 0 Å². The Balaban J connectivity index is 2.10. The van der Waals surface area contributed by atoms with Crippen LogP contribution in [0.1, 0.15) is 12.6 Å². The molecule has 90 valence electrons. The Labute approximate surface area is 99.2 Å². The summed E-state index contributed by atoms with van der Waals surface area (Å²) in [5.74, 6) is -0.578. The fourth-order valence-electron chi connectivity index (χ4n) is 1.77. The number of hydrogen-bond acceptors (Lipinski definition) is 3. The minimum Gasteiger partial charge on any atom is -0.464 e. The third kappa shape index (κ3) is 2.65. The highest BCUT2D eigenvalue weighted by molar-refractivity contribution is 5.81. The van der Waals surface area contributed by atoms with Gasteiger partial charge in [0.2, 0.25) is 0 Å². The Morgan fingerprint density at radius 3 is 2.94 bits per heavy atom. The summed E-state index contributed by atoms with van der Waals surface area (Å²) >= 11 is 0. The van der Waals surface area contributed by atoms with E-state index in [-0.39, 0.29) is 13.0 Å². The number of carbonyl (C=O) groups excluding carboxylic acids is 1. The Bertz CT molecular complexity index is 485. The summed E-state index contributed by atoms with van der Waals surface area (Å²) in [6, 6.07) is 9.74. The molecule has 4 nitrogen and oxygen atoms in total. The Morgan fingerprint density at radius 1 is 1.47 bits per heavy atom. The second-order valence-electron chi connectivity index (χ2n) is 3.85. The van der Waals surface area contributed by atoms with Crippen molar-refractivity contribution in [1.29, 1.82) is 0 Å². The van der Waals surface area contributed by atoms with Gasteiger partial charge in [-0.05, 0) is 24.4 Å². The molecule has 2 aromatic rings. The Morgan fingerprint density at radius 2 is 2.24 bits per heavy atom. The lowest BCUT2D eigenvalue weighted by molar-refractivity contribution is -0.152. The maximum absolute atomic E-state index is 11.3. The molecule has 0 radical (unpaired) electrons. The van der Waals surface area contributed by atoms with E-state index in [1.165, 1.54) is 0 Å². The first-order chi connectivity index (χ1) is 8.20. The first-order valence-corrected chi connectivity index (χ1v) is 5.62. The molecule has 0 bridgehead atoms. The van der Waals surface area contributed by atoms with Gasteiger partial charge in [0.25, 0.3) is 0 Å². The van der Waals surface area contributed by atoms with Crippen molar-refractivity contribution in [1.82, 2.24) is 4.98 Å². The zero-order valence-corrected chi connectivity index (χ0v) is 9.64. The normalized spacial score (nSPS) is 12.6. The molecule has 17 heavy (non-hydrogen) atoms. The summed E-state index contributed by atoms with van der Waals surface area (Å²) < 4.78 is 4.75. The molecule has 0 saturated carbocycles. The number of fused-ring (bicyclic) bond motifs is 1. The molecule has 1 aromatic carbocycles. The number of rotatable bonds is 4. The van der Waals surface area contributed by atoms with Gasteiger partial charge in [-0.3, -0.25) is 0 Å². The van der Waals surface area contributed by atoms with Gasteiger partial charge >= 0.3 is 5.97 Å². The number of para-hydroxylation sites is 1. The van der Waals surface area contributed by atoms with Gasteiger partial charge in [0.15, 0.2) is 6.10 Å². The first-order valence-electron chi connectivity index (χ1n) is 5.62. The lowest BCUT2D eigenvalue weighted by Gasteiger charge is -2.07. The molecule has 0 aliphatic heterocycles. The van der Waals surface area contributed by atoms with E-state index in [1.54, 1.807) is 6.92 Å². The molecule has 1 heterocycles. The van der Waals surface area contributed by atoms with Crippen LogP contribution in [0.15, 0.2) is 30.3 Å². The molecule has 0 aliphatic carbocycles. The SMILES string of the molecule is CCOC(=O)C(O)Cc1cc2ccccc2[nH]1. The second kappa shape index (κ2) is 5.01. The standard InChI is InChI=1S/C13H15NO3/c1-2-17-13(16)12(15)8-10-7-9-5-3-4-6-11(9)14-10/h3-7,12,14-15H,2,8H2,1H3. The van der Waals surface area contributed by atoms with Crippen LogP contribution in [0.4, 0.5) is 0 Å². The van der Waals surface area contributed by atoms with Crippen LogP contribution in [0, 0.1) is 0 Å². The van der Waals surface area contributed by atoms with Crippen molar-refractivity contribution in [2.45, 2.75) is 19.4 Å². The third-order valence-corrected chi connectivity index (χ3v) is 2.56. The van der Waals surface area contributed by atoms with Crippen LogP contribution in [0.3, 0.4) is 0 Å². The first kappa shape index (κ1) is 11.7. The lowest BCUT2D eigenvalue weighted by Crippen LogP contribution is -2.25. The maximum Gasteiger partial charge on any atom is 0.335 e. The van der Waals surface area contributed by atoms with Crippen LogP contribution in [0.5, 0.6) is 0 Å². The van der Waals surface area contributed by atoms with Gasteiger partial charge in [0, 0.05) is 17.6 Å². The number of aromatic nitrogens is 1. The summed E-state index contributed by atoms with van der Waals surface area (Å²) in [5.41, 5.74) is 1.82. The number of nitrogens with one attached hydrogen (secondary N) is 1. The summed E-state index contributed by atoms with van der Waals surface area (Å²) in [5, 5.41) is 10.7. The molecular formula is C13H15NO3. The van der Waals surface area contributed by atoms with Crippen molar-refractivity contribution in [3.05, 3.63) is 36.0 Å². The average molecular weight is 233 g/mol. The van der Waals surface area contributed by atoms with Crippen LogP contribution in [0.25, 0.3) is 10.9 Å². The fraction of sp³-hybridized carbons (Fsp3) is 0.308. The second-order valence-corrected chi connectivity index (χ2v) is 3.85. The van der Waals surface area contributed by atoms with E-state index in [0.29, 0.717) is 0 Å². The number of hydrogen-bond donors (Lipinski definition) is 2. The number of H-pyrrole nitrogens is 1. The van der Waals surface area contributed by atoms with Gasteiger partial charge in [-0.25, -0.2) is 4.79 Å². The van der Waals surface area contributed by atoms with Gasteiger partial charge in [-0.1, -0.05) is 18.2 Å². The van der Waals surface area contributed by atoms with Crippen molar-refractivity contribution in [2.75, 3.05) is 6.61 Å². The largest absolute Gasteiger partial charge is 0.464 e. The van der Waals surface area contributed by atoms with Crippen LogP contribution in [-0.4, -0.2) is 28.8 Å². The highest BCUT2D eigenvalue weighted by Crippen LogP contribution is 2.15. The van der Waals surface area contributed by atoms with Gasteiger partial charge in [0.05, 0.1) is 6.61 Å². The molecule has 1 unspecified atom stereocenters.